The Kier molecular flexibility index (Phi) is 2.95. The van der Waals surface area contributed by atoms with Crippen molar-refractivity contribution in [2.45, 2.75) is 13.3 Å². The van der Waals surface area contributed by atoms with Gasteiger partial charge in [0.15, 0.2) is 0 Å². The van der Waals surface area contributed by atoms with Gasteiger partial charge in [0.25, 0.3) is 0 Å². The molecule has 0 aliphatic carbocycles. The van der Waals surface area contributed by atoms with Crippen molar-refractivity contribution in [1.29, 1.82) is 0 Å². The van der Waals surface area contributed by atoms with Crippen LogP contribution >= 0.6 is 0 Å². The zero-order valence-corrected chi connectivity index (χ0v) is 11.2. The first-order valence-electron chi connectivity index (χ1n) is 6.53. The Hall–Kier alpha value is -2.29. The van der Waals surface area contributed by atoms with Gasteiger partial charge < -0.3 is 9.88 Å². The average molecular weight is 251 g/mol. The van der Waals surface area contributed by atoms with Gasteiger partial charge in [0.2, 0.25) is 0 Å². The van der Waals surface area contributed by atoms with E-state index in [1.807, 2.05) is 24.0 Å². The summed E-state index contributed by atoms with van der Waals surface area (Å²) in [6, 6.07) is 14.8. The molecule has 19 heavy (non-hydrogen) atoms. The standard InChI is InChI=1S/C16H17N3/c1-3-12-4-6-13(7-5-12)18-14-8-9-15-16(10-14)19(2)11-17-15/h4-11,18H,3H2,1-2H3. The van der Waals surface area contributed by atoms with Crippen LogP contribution in [0.15, 0.2) is 48.8 Å². The average Bonchev–Trinajstić information content (AvgIpc) is 2.81. The molecule has 1 N–H and O–H groups in total. The van der Waals surface area contributed by atoms with E-state index in [4.69, 9.17) is 0 Å². The highest BCUT2D eigenvalue weighted by atomic mass is 15.0. The smallest absolute Gasteiger partial charge is 0.0955 e. The largest absolute Gasteiger partial charge is 0.355 e. The second-order valence-corrected chi connectivity index (χ2v) is 4.73. The van der Waals surface area contributed by atoms with Crippen LogP contribution in [0, 0.1) is 0 Å². The quantitative estimate of drug-likeness (QED) is 0.765. The Morgan fingerprint density at radius 3 is 2.53 bits per heavy atom. The van der Waals surface area contributed by atoms with E-state index >= 15 is 0 Å². The first kappa shape index (κ1) is 11.8. The molecule has 2 aromatic carbocycles. The van der Waals surface area contributed by atoms with Crippen molar-refractivity contribution in [2.75, 3.05) is 5.32 Å². The number of aryl methyl sites for hydroxylation is 2. The van der Waals surface area contributed by atoms with Crippen LogP contribution < -0.4 is 5.32 Å². The van der Waals surface area contributed by atoms with Crippen molar-refractivity contribution in [3.05, 3.63) is 54.4 Å². The van der Waals surface area contributed by atoms with E-state index in [0.29, 0.717) is 0 Å². The monoisotopic (exact) mass is 251 g/mol. The highest BCUT2D eigenvalue weighted by Crippen LogP contribution is 2.21. The second kappa shape index (κ2) is 4.76. The van der Waals surface area contributed by atoms with Gasteiger partial charge in [-0.25, -0.2) is 4.98 Å². The van der Waals surface area contributed by atoms with E-state index in [0.717, 1.165) is 28.8 Å². The van der Waals surface area contributed by atoms with Gasteiger partial charge in [0.05, 0.1) is 17.4 Å². The van der Waals surface area contributed by atoms with Crippen molar-refractivity contribution in [2.24, 2.45) is 7.05 Å². The third-order valence-electron chi connectivity index (χ3n) is 3.38. The molecule has 3 rings (SSSR count). The normalized spacial score (nSPS) is 10.8. The Balaban J connectivity index is 1.89. The Morgan fingerprint density at radius 2 is 1.79 bits per heavy atom. The summed E-state index contributed by atoms with van der Waals surface area (Å²) in [6.45, 7) is 2.17. The number of aromatic nitrogens is 2. The summed E-state index contributed by atoms with van der Waals surface area (Å²) in [5.74, 6) is 0. The van der Waals surface area contributed by atoms with Gasteiger partial charge in [-0.05, 0) is 42.3 Å². The molecule has 0 bridgehead atoms. The first-order valence-corrected chi connectivity index (χ1v) is 6.53. The molecule has 0 saturated carbocycles. The molecular formula is C16H17N3. The van der Waals surface area contributed by atoms with Crippen molar-refractivity contribution in [3.8, 4) is 0 Å². The van der Waals surface area contributed by atoms with Gasteiger partial charge in [-0.1, -0.05) is 19.1 Å². The fraction of sp³-hybridized carbons (Fsp3) is 0.188. The van der Waals surface area contributed by atoms with Crippen LogP contribution in [-0.2, 0) is 13.5 Å². The minimum absolute atomic E-state index is 1.02. The Labute approximate surface area is 112 Å². The summed E-state index contributed by atoms with van der Waals surface area (Å²) >= 11 is 0. The SMILES string of the molecule is CCc1ccc(Nc2ccc3ncn(C)c3c2)cc1. The number of imidazole rings is 1. The highest BCUT2D eigenvalue weighted by Gasteiger charge is 2.01. The van der Waals surface area contributed by atoms with Crippen LogP contribution in [0.4, 0.5) is 11.4 Å². The van der Waals surface area contributed by atoms with Gasteiger partial charge >= 0.3 is 0 Å². The maximum Gasteiger partial charge on any atom is 0.0955 e. The van der Waals surface area contributed by atoms with Gasteiger partial charge in [-0.3, -0.25) is 0 Å². The number of benzene rings is 2. The summed E-state index contributed by atoms with van der Waals surface area (Å²) in [5.41, 5.74) is 5.70. The minimum Gasteiger partial charge on any atom is -0.355 e. The third kappa shape index (κ3) is 2.32. The van der Waals surface area contributed by atoms with E-state index in [1.165, 1.54) is 5.56 Å². The molecule has 0 atom stereocenters. The predicted molar refractivity (Wildman–Crippen MR) is 79.8 cm³/mol. The molecule has 0 aliphatic rings. The molecule has 96 valence electrons. The molecule has 1 aromatic heterocycles. The fourth-order valence-electron chi connectivity index (χ4n) is 2.19. The van der Waals surface area contributed by atoms with Gasteiger partial charge in [-0.2, -0.15) is 0 Å². The molecule has 0 aliphatic heterocycles. The third-order valence-corrected chi connectivity index (χ3v) is 3.38. The van der Waals surface area contributed by atoms with Crippen LogP contribution in [0.5, 0.6) is 0 Å². The van der Waals surface area contributed by atoms with Crippen LogP contribution in [-0.4, -0.2) is 9.55 Å². The number of nitrogens with zero attached hydrogens (tertiary/aromatic N) is 2. The molecular weight excluding hydrogens is 234 g/mol. The molecule has 0 unspecified atom stereocenters. The number of hydrogen-bond acceptors (Lipinski definition) is 2. The topological polar surface area (TPSA) is 29.9 Å². The van der Waals surface area contributed by atoms with E-state index in [1.54, 1.807) is 0 Å². The molecule has 3 aromatic rings. The summed E-state index contributed by atoms with van der Waals surface area (Å²) in [4.78, 5) is 4.32. The van der Waals surface area contributed by atoms with Crippen molar-refractivity contribution in [1.82, 2.24) is 9.55 Å². The maximum atomic E-state index is 4.32. The lowest BCUT2D eigenvalue weighted by atomic mass is 10.1. The molecule has 1 heterocycles. The number of hydrogen-bond donors (Lipinski definition) is 1. The lowest BCUT2D eigenvalue weighted by Crippen LogP contribution is -1.92. The molecule has 0 radical (unpaired) electrons. The van der Waals surface area contributed by atoms with E-state index in [2.05, 4.69) is 53.6 Å². The predicted octanol–water partition coefficient (Wildman–Crippen LogP) is 3.88. The number of fused-ring (bicyclic) bond motifs is 1. The van der Waals surface area contributed by atoms with Crippen molar-refractivity contribution in [3.63, 3.8) is 0 Å². The van der Waals surface area contributed by atoms with E-state index in [-0.39, 0.29) is 0 Å². The Morgan fingerprint density at radius 1 is 1.05 bits per heavy atom. The first-order chi connectivity index (χ1) is 9.26. The van der Waals surface area contributed by atoms with Crippen LogP contribution in [0.25, 0.3) is 11.0 Å². The molecule has 3 heteroatoms. The summed E-state index contributed by atoms with van der Waals surface area (Å²) in [6.07, 6.45) is 2.91. The van der Waals surface area contributed by atoms with Gasteiger partial charge in [0, 0.05) is 18.4 Å². The molecule has 0 spiro atoms. The summed E-state index contributed by atoms with van der Waals surface area (Å²) in [5, 5.41) is 3.42. The van der Waals surface area contributed by atoms with Gasteiger partial charge in [0.1, 0.15) is 0 Å². The fourth-order valence-corrected chi connectivity index (χ4v) is 2.19. The summed E-state index contributed by atoms with van der Waals surface area (Å²) < 4.78 is 2.03. The molecule has 0 amide bonds. The van der Waals surface area contributed by atoms with Crippen molar-refractivity contribution >= 4 is 22.4 Å². The zero-order valence-electron chi connectivity index (χ0n) is 11.2. The van der Waals surface area contributed by atoms with E-state index < -0.39 is 0 Å². The highest BCUT2D eigenvalue weighted by molar-refractivity contribution is 5.80. The van der Waals surface area contributed by atoms with Crippen LogP contribution in [0.1, 0.15) is 12.5 Å². The van der Waals surface area contributed by atoms with Crippen molar-refractivity contribution < 1.29 is 0 Å². The minimum atomic E-state index is 1.02. The lowest BCUT2D eigenvalue weighted by molar-refractivity contribution is 0.948. The number of rotatable bonds is 3. The van der Waals surface area contributed by atoms with Crippen LogP contribution in [0.2, 0.25) is 0 Å². The zero-order chi connectivity index (χ0) is 13.2. The number of anilines is 2. The molecule has 0 saturated heterocycles. The second-order valence-electron chi connectivity index (χ2n) is 4.73. The Bertz CT molecular complexity index is 696. The maximum absolute atomic E-state index is 4.32. The number of nitrogens with one attached hydrogen (secondary N) is 1. The van der Waals surface area contributed by atoms with Gasteiger partial charge in [-0.15, -0.1) is 0 Å². The molecule has 0 fully saturated rings. The van der Waals surface area contributed by atoms with Crippen LogP contribution in [0.3, 0.4) is 0 Å². The lowest BCUT2D eigenvalue weighted by Gasteiger charge is -2.07. The summed E-state index contributed by atoms with van der Waals surface area (Å²) in [7, 11) is 2.01. The molecule has 3 nitrogen and oxygen atoms in total. The van der Waals surface area contributed by atoms with E-state index in [9.17, 15) is 0 Å².